The van der Waals surface area contributed by atoms with Crippen molar-refractivity contribution in [3.05, 3.63) is 198 Å². The van der Waals surface area contributed by atoms with E-state index in [2.05, 4.69) is 173 Å². The largest absolute Gasteiger partial charge is 0.497 e. The Morgan fingerprint density at radius 3 is 1.07 bits per heavy atom. The van der Waals surface area contributed by atoms with Gasteiger partial charge in [-0.05, 0) is 115 Å². The van der Waals surface area contributed by atoms with Crippen LogP contribution in [0.15, 0.2) is 170 Å². The molecule has 0 bridgehead atoms. The number of nitrogens with zero attached hydrogens (tertiary/aromatic N) is 3. The average molecular weight is 728 g/mol. The fraction of sp³-hybridized carbons (Fsp3) is 0.0980. The second-order valence-corrected chi connectivity index (χ2v) is 14.5. The van der Waals surface area contributed by atoms with Gasteiger partial charge in [0.2, 0.25) is 0 Å². The van der Waals surface area contributed by atoms with Crippen molar-refractivity contribution in [1.29, 1.82) is 0 Å². The highest BCUT2D eigenvalue weighted by molar-refractivity contribution is 6.09. The van der Waals surface area contributed by atoms with Gasteiger partial charge in [0.15, 0.2) is 0 Å². The van der Waals surface area contributed by atoms with Gasteiger partial charge in [0, 0.05) is 55.9 Å². The van der Waals surface area contributed by atoms with E-state index in [0.717, 1.165) is 28.6 Å². The molecular weight excluding hydrogens is 687 g/mol. The van der Waals surface area contributed by atoms with E-state index in [1.54, 1.807) is 14.2 Å². The predicted octanol–water partition coefficient (Wildman–Crippen LogP) is 12.5. The molecule has 5 heteroatoms. The molecule has 0 atom stereocenters. The van der Waals surface area contributed by atoms with Crippen molar-refractivity contribution < 1.29 is 9.47 Å². The molecule has 0 N–H and O–H groups in total. The quantitative estimate of drug-likeness (QED) is 0.156. The summed E-state index contributed by atoms with van der Waals surface area (Å²) in [6.45, 7) is 4.55. The summed E-state index contributed by atoms with van der Waals surface area (Å²) in [6, 6.07) is 61.2. The lowest BCUT2D eigenvalue weighted by Crippen LogP contribution is -2.08. The maximum atomic E-state index is 5.55. The van der Waals surface area contributed by atoms with Crippen LogP contribution in [0.5, 0.6) is 11.5 Å². The van der Waals surface area contributed by atoms with Crippen LogP contribution in [-0.4, -0.2) is 27.9 Å². The van der Waals surface area contributed by atoms with Crippen molar-refractivity contribution in [2.75, 3.05) is 14.2 Å². The van der Waals surface area contributed by atoms with E-state index in [9.17, 15) is 0 Å². The summed E-state index contributed by atoms with van der Waals surface area (Å²) in [5.41, 5.74) is 14.3. The minimum Gasteiger partial charge on any atom is -0.497 e. The van der Waals surface area contributed by atoms with Crippen LogP contribution in [0.1, 0.15) is 34.0 Å². The fourth-order valence-electron chi connectivity index (χ4n) is 9.14. The second kappa shape index (κ2) is 13.4. The second-order valence-electron chi connectivity index (χ2n) is 14.5. The van der Waals surface area contributed by atoms with Crippen molar-refractivity contribution >= 4 is 43.6 Å². The lowest BCUT2D eigenvalue weighted by atomic mass is 9.82. The Labute approximate surface area is 326 Å². The van der Waals surface area contributed by atoms with Crippen LogP contribution in [0.25, 0.3) is 60.7 Å². The number of para-hydroxylation sites is 4. The number of rotatable bonds is 8. The Morgan fingerprint density at radius 2 is 0.679 bits per heavy atom. The molecule has 7 aromatic carbocycles. The molecule has 272 valence electrons. The third-order valence-corrected chi connectivity index (χ3v) is 11.6. The van der Waals surface area contributed by atoms with Gasteiger partial charge in [-0.3, -0.25) is 0 Å². The van der Waals surface area contributed by atoms with E-state index in [1.807, 2.05) is 24.3 Å². The van der Waals surface area contributed by atoms with E-state index < -0.39 is 0 Å². The maximum Gasteiger partial charge on any atom is 0.119 e. The Balaban J connectivity index is 1.24. The Morgan fingerprint density at radius 1 is 0.357 bits per heavy atom. The molecule has 0 aliphatic carbocycles. The lowest BCUT2D eigenvalue weighted by molar-refractivity contribution is 0.414. The predicted molar refractivity (Wildman–Crippen MR) is 231 cm³/mol. The molecule has 0 unspecified atom stereocenters. The van der Waals surface area contributed by atoms with Crippen molar-refractivity contribution in [2.45, 2.75) is 19.8 Å². The molecular formula is C51H41N3O2. The summed E-state index contributed by atoms with van der Waals surface area (Å²) in [5, 5.41) is 4.99. The Hall–Kier alpha value is -6.98. The van der Waals surface area contributed by atoms with Gasteiger partial charge in [-0.15, -0.1) is 0 Å². The summed E-state index contributed by atoms with van der Waals surface area (Å²) in [7, 11) is 3.43. The summed E-state index contributed by atoms with van der Waals surface area (Å²) >= 11 is 0. The molecule has 10 aromatic rings. The fourth-order valence-corrected chi connectivity index (χ4v) is 9.14. The molecule has 5 nitrogen and oxygen atoms in total. The first-order chi connectivity index (χ1) is 27.6. The first kappa shape index (κ1) is 33.6. The lowest BCUT2D eigenvalue weighted by Gasteiger charge is -2.22. The minimum absolute atomic E-state index is 0.0870. The molecule has 0 saturated carbocycles. The summed E-state index contributed by atoms with van der Waals surface area (Å²) < 4.78 is 18.3. The molecule has 0 radical (unpaired) electrons. The van der Waals surface area contributed by atoms with Gasteiger partial charge in [-0.1, -0.05) is 84.9 Å². The van der Waals surface area contributed by atoms with E-state index in [4.69, 9.17) is 9.47 Å². The summed E-state index contributed by atoms with van der Waals surface area (Å²) in [5.74, 6) is 1.59. The minimum atomic E-state index is -0.0870. The molecule has 3 heterocycles. The molecule has 10 rings (SSSR count). The van der Waals surface area contributed by atoms with E-state index in [-0.39, 0.29) is 5.92 Å². The van der Waals surface area contributed by atoms with Gasteiger partial charge < -0.3 is 23.2 Å². The zero-order chi connectivity index (χ0) is 37.9. The van der Waals surface area contributed by atoms with Crippen LogP contribution in [0.4, 0.5) is 0 Å². The number of aromatic nitrogens is 3. The van der Waals surface area contributed by atoms with E-state index in [0.29, 0.717) is 0 Å². The number of fused-ring (bicyclic) bond motifs is 5. The van der Waals surface area contributed by atoms with Crippen LogP contribution in [0, 0.1) is 13.8 Å². The standard InChI is InChI=1S/C51H41N3O2/c1-33-49(43-15-7-11-19-47(43)52(33)36-25-29-39(55-3)30-26-36)51(50-34(2)53(48-20-12-8-16-44(48)50)37-27-31-40(56-4)32-28-37)35-21-23-38(24-22-35)54-45-17-9-5-13-41(45)42-14-6-10-18-46(42)54/h5-32,51H,1-4H3. The van der Waals surface area contributed by atoms with Crippen LogP contribution in [-0.2, 0) is 0 Å². The van der Waals surface area contributed by atoms with E-state index >= 15 is 0 Å². The van der Waals surface area contributed by atoms with Crippen molar-refractivity contribution in [3.8, 4) is 28.6 Å². The smallest absolute Gasteiger partial charge is 0.119 e. The van der Waals surface area contributed by atoms with Crippen LogP contribution >= 0.6 is 0 Å². The molecule has 3 aromatic heterocycles. The molecule has 56 heavy (non-hydrogen) atoms. The zero-order valence-corrected chi connectivity index (χ0v) is 31.9. The molecule has 0 aliphatic heterocycles. The monoisotopic (exact) mass is 727 g/mol. The van der Waals surface area contributed by atoms with Gasteiger partial charge in [-0.25, -0.2) is 0 Å². The highest BCUT2D eigenvalue weighted by Gasteiger charge is 2.31. The molecule has 0 saturated heterocycles. The highest BCUT2D eigenvalue weighted by atomic mass is 16.5. The number of methoxy groups -OCH3 is 2. The van der Waals surface area contributed by atoms with Gasteiger partial charge in [0.25, 0.3) is 0 Å². The van der Waals surface area contributed by atoms with Crippen LogP contribution in [0.2, 0.25) is 0 Å². The van der Waals surface area contributed by atoms with Crippen molar-refractivity contribution in [1.82, 2.24) is 13.7 Å². The average Bonchev–Trinajstić information content (AvgIpc) is 3.85. The molecule has 0 aliphatic rings. The van der Waals surface area contributed by atoms with Crippen molar-refractivity contribution in [2.24, 2.45) is 0 Å². The molecule has 0 fully saturated rings. The number of hydrogen-bond acceptors (Lipinski definition) is 2. The Kier molecular flexibility index (Phi) is 8.03. The summed E-state index contributed by atoms with van der Waals surface area (Å²) in [4.78, 5) is 0. The van der Waals surface area contributed by atoms with Crippen LogP contribution in [0.3, 0.4) is 0 Å². The van der Waals surface area contributed by atoms with Crippen LogP contribution < -0.4 is 9.47 Å². The topological polar surface area (TPSA) is 33.2 Å². The maximum absolute atomic E-state index is 5.55. The van der Waals surface area contributed by atoms with Gasteiger partial charge in [0.05, 0.1) is 36.3 Å². The number of ether oxygens (including phenoxy) is 2. The van der Waals surface area contributed by atoms with Crippen molar-refractivity contribution in [3.63, 3.8) is 0 Å². The SMILES string of the molecule is COc1ccc(-n2c(C)c(C(c3ccc(-n4c5ccccc5c5ccccc54)cc3)c3c(C)n(-c4ccc(OC)cc4)c4ccccc34)c3ccccc32)cc1. The third-order valence-electron chi connectivity index (χ3n) is 11.6. The highest BCUT2D eigenvalue weighted by Crippen LogP contribution is 2.46. The Bertz CT molecular complexity index is 2870. The van der Waals surface area contributed by atoms with Gasteiger partial charge in [-0.2, -0.15) is 0 Å². The van der Waals surface area contributed by atoms with Gasteiger partial charge >= 0.3 is 0 Å². The van der Waals surface area contributed by atoms with E-state index in [1.165, 1.54) is 71.7 Å². The number of benzene rings is 7. The number of hydrogen-bond donors (Lipinski definition) is 0. The van der Waals surface area contributed by atoms with Gasteiger partial charge in [0.1, 0.15) is 11.5 Å². The normalized spacial score (nSPS) is 11.7. The molecule has 0 spiro atoms. The summed E-state index contributed by atoms with van der Waals surface area (Å²) in [6.07, 6.45) is 0. The third kappa shape index (κ3) is 5.15. The zero-order valence-electron chi connectivity index (χ0n) is 31.9. The first-order valence-electron chi connectivity index (χ1n) is 19.1. The molecule has 0 amide bonds. The first-order valence-corrected chi connectivity index (χ1v) is 19.1.